The van der Waals surface area contributed by atoms with Crippen LogP contribution in [-0.4, -0.2) is 26.4 Å². The van der Waals surface area contributed by atoms with Gasteiger partial charge in [0, 0.05) is 16.9 Å². The van der Waals surface area contributed by atoms with Gasteiger partial charge in [0.05, 0.1) is 5.92 Å². The quantitative estimate of drug-likeness (QED) is 0.298. The van der Waals surface area contributed by atoms with Crippen molar-refractivity contribution in [2.45, 2.75) is 12.8 Å². The Balaban J connectivity index is 1.93. The molecule has 2 bridgehead atoms. The average Bonchev–Trinajstić information content (AvgIpc) is 3.19. The summed E-state index contributed by atoms with van der Waals surface area (Å²) in [6.07, 6.45) is 3.96. The van der Waals surface area contributed by atoms with E-state index in [0.29, 0.717) is 16.5 Å². The molecule has 1 aromatic rings. The number of aliphatic carboxylic acids is 1. The highest BCUT2D eigenvalue weighted by Gasteiger charge is 2.54. The summed E-state index contributed by atoms with van der Waals surface area (Å²) in [4.78, 5) is 24.2. The second-order valence-corrected chi connectivity index (χ2v) is 7.90. The van der Waals surface area contributed by atoms with Gasteiger partial charge in [-0.1, -0.05) is 19.1 Å². The SMILES string of the molecule is C[C@H]1[C@H]2C=C[C@@H]1[C@@H](C(=O)O)[C@H]2c1c2ccc(=O)c(O)c-2oc2c(O)c(O)ccc12. The van der Waals surface area contributed by atoms with E-state index in [0.717, 1.165) is 0 Å². The normalized spacial score (nSPS) is 27.8. The third kappa shape index (κ3) is 2.18. The summed E-state index contributed by atoms with van der Waals surface area (Å²) in [5.74, 6) is -3.84. The molecule has 0 unspecified atom stereocenters. The van der Waals surface area contributed by atoms with Crippen LogP contribution >= 0.6 is 0 Å². The van der Waals surface area contributed by atoms with Crippen LogP contribution in [0.3, 0.4) is 0 Å². The zero-order valence-electron chi connectivity index (χ0n) is 15.4. The molecule has 7 heteroatoms. The van der Waals surface area contributed by atoms with E-state index in [1.54, 1.807) is 6.07 Å². The highest BCUT2D eigenvalue weighted by molar-refractivity contribution is 5.95. The first kappa shape index (κ1) is 17.6. The molecule has 1 saturated carbocycles. The number of rotatable bonds is 2. The lowest BCUT2D eigenvalue weighted by atomic mass is 9.75. The molecular weight excluding hydrogens is 376 g/mol. The number of allylic oxidation sites excluding steroid dienone is 2. The Kier molecular flexibility index (Phi) is 3.50. The van der Waals surface area contributed by atoms with Crippen LogP contribution in [0.4, 0.5) is 0 Å². The molecule has 0 aromatic heterocycles. The molecule has 148 valence electrons. The van der Waals surface area contributed by atoms with Crippen molar-refractivity contribution in [2.24, 2.45) is 23.7 Å². The summed E-state index contributed by atoms with van der Waals surface area (Å²) in [5, 5.41) is 41.0. The Morgan fingerprint density at radius 3 is 2.45 bits per heavy atom. The topological polar surface area (TPSA) is 128 Å². The van der Waals surface area contributed by atoms with Crippen molar-refractivity contribution in [3.63, 3.8) is 0 Å². The molecule has 1 heterocycles. The first-order chi connectivity index (χ1) is 13.8. The Morgan fingerprint density at radius 1 is 1.00 bits per heavy atom. The van der Waals surface area contributed by atoms with Crippen LogP contribution in [0.1, 0.15) is 18.4 Å². The molecule has 3 aliphatic carbocycles. The Hall–Kier alpha value is -3.48. The molecule has 5 rings (SSSR count). The number of hydrogen-bond donors (Lipinski definition) is 4. The van der Waals surface area contributed by atoms with Crippen LogP contribution in [0.5, 0.6) is 17.2 Å². The van der Waals surface area contributed by atoms with Gasteiger partial charge in [-0.05, 0) is 47.6 Å². The lowest BCUT2D eigenvalue weighted by Gasteiger charge is -2.29. The van der Waals surface area contributed by atoms with Gasteiger partial charge in [-0.25, -0.2) is 0 Å². The van der Waals surface area contributed by atoms with Crippen molar-refractivity contribution in [1.29, 1.82) is 0 Å². The third-order valence-corrected chi connectivity index (χ3v) is 6.59. The van der Waals surface area contributed by atoms with Crippen molar-refractivity contribution in [2.75, 3.05) is 0 Å². The molecule has 4 aliphatic rings. The van der Waals surface area contributed by atoms with Gasteiger partial charge in [0.25, 0.3) is 0 Å². The summed E-state index contributed by atoms with van der Waals surface area (Å²) in [5.41, 5.74) is 0.256. The van der Waals surface area contributed by atoms with Crippen molar-refractivity contribution in [1.82, 2.24) is 0 Å². The number of carboxylic acids is 1. The molecular formula is C22H18O7. The van der Waals surface area contributed by atoms with Gasteiger partial charge in [0.2, 0.25) is 16.9 Å². The number of carboxylic acid groups (broad SMARTS) is 1. The molecule has 1 aliphatic heterocycles. The van der Waals surface area contributed by atoms with E-state index in [1.807, 2.05) is 19.1 Å². The summed E-state index contributed by atoms with van der Waals surface area (Å²) < 4.78 is 5.65. The number of benzene rings is 2. The van der Waals surface area contributed by atoms with Crippen molar-refractivity contribution < 1.29 is 29.6 Å². The Bertz CT molecular complexity index is 1240. The van der Waals surface area contributed by atoms with Crippen molar-refractivity contribution >= 4 is 16.9 Å². The Morgan fingerprint density at radius 2 is 1.72 bits per heavy atom. The first-order valence-corrected chi connectivity index (χ1v) is 9.35. The fourth-order valence-corrected chi connectivity index (χ4v) is 5.28. The second kappa shape index (κ2) is 5.76. The molecule has 7 nitrogen and oxygen atoms in total. The molecule has 0 amide bonds. The monoisotopic (exact) mass is 394 g/mol. The van der Waals surface area contributed by atoms with Crippen LogP contribution in [0.2, 0.25) is 0 Å². The summed E-state index contributed by atoms with van der Waals surface area (Å²) in [6, 6.07) is 5.60. The minimum Gasteiger partial charge on any atom is -0.504 e. The predicted octanol–water partition coefficient (Wildman–Crippen LogP) is 3.25. The van der Waals surface area contributed by atoms with Crippen molar-refractivity contribution in [3.8, 4) is 28.6 Å². The van der Waals surface area contributed by atoms with E-state index < -0.39 is 40.5 Å². The smallest absolute Gasteiger partial charge is 0.307 e. The van der Waals surface area contributed by atoms with Crippen molar-refractivity contribution in [3.05, 3.63) is 52.2 Å². The highest BCUT2D eigenvalue weighted by atomic mass is 16.4. The highest BCUT2D eigenvalue weighted by Crippen LogP contribution is 2.59. The van der Waals surface area contributed by atoms with E-state index in [9.17, 15) is 30.0 Å². The van der Waals surface area contributed by atoms with E-state index >= 15 is 0 Å². The van der Waals surface area contributed by atoms with E-state index in [1.165, 1.54) is 18.2 Å². The van der Waals surface area contributed by atoms with Crippen LogP contribution in [-0.2, 0) is 4.79 Å². The number of fused-ring (bicyclic) bond motifs is 4. The molecule has 0 saturated heterocycles. The van der Waals surface area contributed by atoms with Gasteiger partial charge >= 0.3 is 5.97 Å². The first-order valence-electron chi connectivity index (χ1n) is 9.35. The van der Waals surface area contributed by atoms with Crippen LogP contribution in [0, 0.1) is 23.7 Å². The number of aromatic hydroxyl groups is 3. The zero-order chi connectivity index (χ0) is 20.6. The molecule has 1 aromatic carbocycles. The molecule has 4 N–H and O–H groups in total. The van der Waals surface area contributed by atoms with Gasteiger partial charge in [-0.2, -0.15) is 0 Å². The number of phenolic OH excluding ortho intramolecular Hbond substituents is 3. The Labute approximate surface area is 164 Å². The standard InChI is InChI=1S/C22H18O7/c1-8-9-2-3-10(8)17(22(27)28)16(9)15-11-4-6-13(23)18(25)20(11)29-21-12(15)5-7-14(24)19(21)26/h2-10,16-17,23,25-26H,1H3,(H,27,28)/t8-,9+,10-,16+,17+/m0/s1. The molecule has 5 atom stereocenters. The predicted molar refractivity (Wildman–Crippen MR) is 103 cm³/mol. The summed E-state index contributed by atoms with van der Waals surface area (Å²) >= 11 is 0. The summed E-state index contributed by atoms with van der Waals surface area (Å²) in [6.45, 7) is 2.01. The largest absolute Gasteiger partial charge is 0.504 e. The zero-order valence-corrected chi connectivity index (χ0v) is 15.4. The lowest BCUT2D eigenvalue weighted by molar-refractivity contribution is -0.143. The van der Waals surface area contributed by atoms with E-state index in [2.05, 4.69) is 0 Å². The maximum absolute atomic E-state index is 12.2. The molecule has 0 spiro atoms. The van der Waals surface area contributed by atoms with Gasteiger partial charge < -0.3 is 24.8 Å². The fourth-order valence-electron chi connectivity index (χ4n) is 5.28. The number of phenols is 3. The van der Waals surface area contributed by atoms with Gasteiger partial charge in [0.1, 0.15) is 0 Å². The molecule has 1 fully saturated rings. The minimum absolute atomic E-state index is 0.0556. The minimum atomic E-state index is -0.923. The molecule has 0 radical (unpaired) electrons. The van der Waals surface area contributed by atoms with Gasteiger partial charge in [-0.15, -0.1) is 0 Å². The fraction of sp³-hybridized carbons (Fsp3) is 0.273. The van der Waals surface area contributed by atoms with Crippen LogP contribution in [0.15, 0.2) is 45.6 Å². The lowest BCUT2D eigenvalue weighted by Crippen LogP contribution is -2.26. The van der Waals surface area contributed by atoms with Gasteiger partial charge in [-0.3, -0.25) is 9.59 Å². The van der Waals surface area contributed by atoms with E-state index in [-0.39, 0.29) is 29.1 Å². The third-order valence-electron chi connectivity index (χ3n) is 6.59. The maximum atomic E-state index is 12.2. The van der Waals surface area contributed by atoms with E-state index in [4.69, 9.17) is 4.42 Å². The average molecular weight is 394 g/mol. The maximum Gasteiger partial charge on any atom is 0.307 e. The van der Waals surface area contributed by atoms with Crippen LogP contribution in [0.25, 0.3) is 22.3 Å². The molecule has 29 heavy (non-hydrogen) atoms. The second-order valence-electron chi connectivity index (χ2n) is 7.90. The number of carbonyl (C=O) groups is 1. The summed E-state index contributed by atoms with van der Waals surface area (Å²) in [7, 11) is 0. The number of hydrogen-bond acceptors (Lipinski definition) is 6. The van der Waals surface area contributed by atoms with Gasteiger partial charge in [0.15, 0.2) is 17.1 Å². The van der Waals surface area contributed by atoms with Crippen LogP contribution < -0.4 is 5.43 Å².